The lowest BCUT2D eigenvalue weighted by atomic mass is 10.0. The molecule has 0 amide bonds. The third-order valence-electron chi connectivity index (χ3n) is 5.82. The van der Waals surface area contributed by atoms with E-state index in [1.54, 1.807) is 11.1 Å². The average Bonchev–Trinajstić information content (AvgIpc) is 2.96. The number of hydrogen-bond acceptors (Lipinski definition) is 2. The monoisotopic (exact) mass is 284 g/mol. The van der Waals surface area contributed by atoms with Crippen molar-refractivity contribution in [3.8, 4) is 0 Å². The Labute approximate surface area is 129 Å². The number of hydrogen-bond donors (Lipinski definition) is 0. The molecule has 4 rings (SSSR count). The Bertz CT molecular complexity index is 429. The SMILES string of the molecule is c1ccc2c(c1)[C@H](N1CCCCC1)C[C@@H]2N1CCCCC1. The molecule has 0 bridgehead atoms. The Morgan fingerprint density at radius 2 is 1.05 bits per heavy atom. The largest absolute Gasteiger partial charge is 0.296 e. The molecule has 0 aromatic heterocycles. The zero-order chi connectivity index (χ0) is 14.1. The van der Waals surface area contributed by atoms with E-state index >= 15 is 0 Å². The summed E-state index contributed by atoms with van der Waals surface area (Å²) in [6.45, 7) is 5.24. The molecule has 21 heavy (non-hydrogen) atoms. The predicted molar refractivity (Wildman–Crippen MR) is 87.4 cm³/mol. The average molecular weight is 284 g/mol. The summed E-state index contributed by atoms with van der Waals surface area (Å²) in [4.78, 5) is 5.54. The van der Waals surface area contributed by atoms with Crippen LogP contribution >= 0.6 is 0 Å². The molecular formula is C19H28N2. The Balaban J connectivity index is 1.59. The van der Waals surface area contributed by atoms with Gasteiger partial charge in [-0.3, -0.25) is 9.80 Å². The lowest BCUT2D eigenvalue weighted by Gasteiger charge is -2.35. The third-order valence-corrected chi connectivity index (χ3v) is 5.82. The molecular weight excluding hydrogens is 256 g/mol. The summed E-state index contributed by atoms with van der Waals surface area (Å²) >= 11 is 0. The molecule has 2 heteroatoms. The van der Waals surface area contributed by atoms with Crippen LogP contribution < -0.4 is 0 Å². The fourth-order valence-corrected chi connectivity index (χ4v) is 4.73. The highest BCUT2D eigenvalue weighted by molar-refractivity contribution is 5.38. The van der Waals surface area contributed by atoms with Crippen LogP contribution in [0.4, 0.5) is 0 Å². The minimum atomic E-state index is 0.688. The summed E-state index contributed by atoms with van der Waals surface area (Å²) in [6.07, 6.45) is 9.78. The molecule has 3 aliphatic rings. The van der Waals surface area contributed by atoms with E-state index in [0.717, 1.165) is 0 Å². The van der Waals surface area contributed by atoms with E-state index < -0.39 is 0 Å². The van der Waals surface area contributed by atoms with Crippen molar-refractivity contribution in [1.82, 2.24) is 9.80 Å². The van der Waals surface area contributed by atoms with E-state index in [-0.39, 0.29) is 0 Å². The van der Waals surface area contributed by atoms with Crippen molar-refractivity contribution in [3.63, 3.8) is 0 Å². The molecule has 1 aromatic carbocycles. The van der Waals surface area contributed by atoms with Gasteiger partial charge in [0.2, 0.25) is 0 Å². The molecule has 0 spiro atoms. The van der Waals surface area contributed by atoms with E-state index in [1.165, 1.54) is 71.1 Å². The minimum absolute atomic E-state index is 0.688. The number of benzene rings is 1. The van der Waals surface area contributed by atoms with Gasteiger partial charge in [0.1, 0.15) is 0 Å². The van der Waals surface area contributed by atoms with Crippen LogP contribution in [0.15, 0.2) is 24.3 Å². The first-order chi connectivity index (χ1) is 10.4. The second kappa shape index (κ2) is 6.10. The van der Waals surface area contributed by atoms with Gasteiger partial charge in [-0.2, -0.15) is 0 Å². The van der Waals surface area contributed by atoms with Crippen LogP contribution in [0.2, 0.25) is 0 Å². The fourth-order valence-electron chi connectivity index (χ4n) is 4.73. The number of rotatable bonds is 2. The van der Waals surface area contributed by atoms with Gasteiger partial charge in [0.05, 0.1) is 0 Å². The van der Waals surface area contributed by atoms with E-state index in [1.807, 2.05) is 0 Å². The van der Waals surface area contributed by atoms with Gasteiger partial charge < -0.3 is 0 Å². The molecule has 1 aromatic rings. The van der Waals surface area contributed by atoms with Crippen LogP contribution in [0.25, 0.3) is 0 Å². The van der Waals surface area contributed by atoms with Gasteiger partial charge in [-0.1, -0.05) is 37.1 Å². The summed E-state index contributed by atoms with van der Waals surface area (Å²) in [5.41, 5.74) is 3.27. The molecule has 2 fully saturated rings. The Kier molecular flexibility index (Phi) is 4.00. The maximum Gasteiger partial charge on any atom is 0.0369 e. The molecule has 2 nitrogen and oxygen atoms in total. The summed E-state index contributed by atoms with van der Waals surface area (Å²) in [6, 6.07) is 10.7. The van der Waals surface area contributed by atoms with Gasteiger partial charge in [-0.05, 0) is 69.4 Å². The van der Waals surface area contributed by atoms with Crippen LogP contribution in [-0.4, -0.2) is 36.0 Å². The van der Waals surface area contributed by atoms with Crippen molar-refractivity contribution < 1.29 is 0 Å². The second-order valence-corrected chi connectivity index (χ2v) is 7.09. The van der Waals surface area contributed by atoms with Crippen molar-refractivity contribution in [1.29, 1.82) is 0 Å². The van der Waals surface area contributed by atoms with Gasteiger partial charge in [0.15, 0.2) is 0 Å². The van der Waals surface area contributed by atoms with Crippen molar-refractivity contribution in [3.05, 3.63) is 35.4 Å². The molecule has 2 heterocycles. The van der Waals surface area contributed by atoms with Crippen LogP contribution in [0.5, 0.6) is 0 Å². The first kappa shape index (κ1) is 13.8. The highest BCUT2D eigenvalue weighted by atomic mass is 15.2. The van der Waals surface area contributed by atoms with Crippen LogP contribution in [-0.2, 0) is 0 Å². The molecule has 2 aliphatic heterocycles. The van der Waals surface area contributed by atoms with E-state index in [4.69, 9.17) is 0 Å². The van der Waals surface area contributed by atoms with Crippen LogP contribution in [0.1, 0.15) is 68.2 Å². The van der Waals surface area contributed by atoms with E-state index in [2.05, 4.69) is 34.1 Å². The second-order valence-electron chi connectivity index (χ2n) is 7.09. The first-order valence-corrected chi connectivity index (χ1v) is 9.00. The number of fused-ring (bicyclic) bond motifs is 1. The number of likely N-dealkylation sites (tertiary alicyclic amines) is 2. The predicted octanol–water partition coefficient (Wildman–Crippen LogP) is 4.14. The van der Waals surface area contributed by atoms with Gasteiger partial charge >= 0.3 is 0 Å². The summed E-state index contributed by atoms with van der Waals surface area (Å²) in [5.74, 6) is 0. The Hall–Kier alpha value is -0.860. The Morgan fingerprint density at radius 3 is 1.48 bits per heavy atom. The molecule has 2 saturated heterocycles. The highest BCUT2D eigenvalue weighted by Crippen LogP contribution is 2.46. The summed E-state index contributed by atoms with van der Waals surface area (Å²) < 4.78 is 0. The van der Waals surface area contributed by atoms with Gasteiger partial charge in [0, 0.05) is 12.1 Å². The van der Waals surface area contributed by atoms with Crippen LogP contribution in [0, 0.1) is 0 Å². The maximum absolute atomic E-state index is 2.77. The Morgan fingerprint density at radius 1 is 0.619 bits per heavy atom. The number of nitrogens with zero attached hydrogens (tertiary/aromatic N) is 2. The molecule has 0 N–H and O–H groups in total. The normalized spacial score (nSPS) is 31.2. The topological polar surface area (TPSA) is 6.48 Å². The molecule has 114 valence electrons. The first-order valence-electron chi connectivity index (χ1n) is 9.00. The lowest BCUT2D eigenvalue weighted by Crippen LogP contribution is -2.35. The van der Waals surface area contributed by atoms with Crippen molar-refractivity contribution in [2.45, 2.75) is 57.0 Å². The zero-order valence-electron chi connectivity index (χ0n) is 13.1. The molecule has 1 aliphatic carbocycles. The van der Waals surface area contributed by atoms with Crippen molar-refractivity contribution >= 4 is 0 Å². The van der Waals surface area contributed by atoms with Crippen LogP contribution in [0.3, 0.4) is 0 Å². The minimum Gasteiger partial charge on any atom is -0.296 e. The maximum atomic E-state index is 2.77. The van der Waals surface area contributed by atoms with Gasteiger partial charge in [-0.25, -0.2) is 0 Å². The van der Waals surface area contributed by atoms with E-state index in [9.17, 15) is 0 Å². The van der Waals surface area contributed by atoms with Crippen molar-refractivity contribution in [2.24, 2.45) is 0 Å². The van der Waals surface area contributed by atoms with Gasteiger partial charge in [-0.15, -0.1) is 0 Å². The lowest BCUT2D eigenvalue weighted by molar-refractivity contribution is 0.114. The van der Waals surface area contributed by atoms with E-state index in [0.29, 0.717) is 12.1 Å². The quantitative estimate of drug-likeness (QED) is 0.805. The number of piperidine rings is 2. The highest BCUT2D eigenvalue weighted by Gasteiger charge is 2.37. The zero-order valence-corrected chi connectivity index (χ0v) is 13.1. The summed E-state index contributed by atoms with van der Waals surface area (Å²) in [7, 11) is 0. The smallest absolute Gasteiger partial charge is 0.0369 e. The molecule has 2 atom stereocenters. The standard InChI is InChI=1S/C19H28N2/c1-5-11-20(12-6-1)18-15-19(21-13-7-2-8-14-21)17-10-4-3-9-16(17)18/h3-4,9-10,18-19H,1-2,5-8,11-15H2/t18-,19+. The summed E-state index contributed by atoms with van der Waals surface area (Å²) in [5, 5.41) is 0. The molecule has 0 saturated carbocycles. The van der Waals surface area contributed by atoms with Gasteiger partial charge in [0.25, 0.3) is 0 Å². The molecule has 0 radical (unpaired) electrons. The van der Waals surface area contributed by atoms with Crippen molar-refractivity contribution in [2.75, 3.05) is 26.2 Å². The third kappa shape index (κ3) is 2.64. The molecule has 0 unspecified atom stereocenters. The fraction of sp³-hybridized carbons (Fsp3) is 0.684.